The summed E-state index contributed by atoms with van der Waals surface area (Å²) in [5.74, 6) is -0.318. The average Bonchev–Trinajstić information content (AvgIpc) is 2.69. The van der Waals surface area contributed by atoms with Crippen molar-refractivity contribution in [2.75, 3.05) is 26.2 Å². The van der Waals surface area contributed by atoms with E-state index >= 15 is 0 Å². The van der Waals surface area contributed by atoms with E-state index in [0.717, 1.165) is 38.5 Å². The first-order valence-electron chi connectivity index (χ1n) is 9.48. The van der Waals surface area contributed by atoms with Crippen molar-refractivity contribution < 1.29 is 9.59 Å². The minimum Gasteiger partial charge on any atom is -0.342 e. The van der Waals surface area contributed by atoms with Crippen LogP contribution in [0.4, 0.5) is 0 Å². The lowest BCUT2D eigenvalue weighted by Gasteiger charge is -2.41. The van der Waals surface area contributed by atoms with Crippen molar-refractivity contribution in [2.45, 2.75) is 64.2 Å². The second-order valence-corrected chi connectivity index (χ2v) is 7.10. The van der Waals surface area contributed by atoms with Crippen LogP contribution >= 0.6 is 0 Å². The molecule has 0 radical (unpaired) electrons. The number of hydrogen-bond acceptors (Lipinski definition) is 4. The quantitative estimate of drug-likeness (QED) is 0.693. The molecule has 6 nitrogen and oxygen atoms in total. The maximum Gasteiger partial charge on any atom is 0.238 e. The molecule has 2 fully saturated rings. The van der Waals surface area contributed by atoms with Gasteiger partial charge in [-0.1, -0.05) is 0 Å². The van der Waals surface area contributed by atoms with Gasteiger partial charge in [0.2, 0.25) is 11.8 Å². The highest BCUT2D eigenvalue weighted by molar-refractivity contribution is 6.05. The third-order valence-corrected chi connectivity index (χ3v) is 5.43. The highest BCUT2D eigenvalue weighted by atomic mass is 16.2. The minimum absolute atomic E-state index is 0.157. The van der Waals surface area contributed by atoms with E-state index in [1.165, 1.54) is 0 Å². The van der Waals surface area contributed by atoms with Crippen molar-refractivity contribution in [3.63, 3.8) is 0 Å². The van der Waals surface area contributed by atoms with Crippen LogP contribution in [-0.2, 0) is 9.59 Å². The van der Waals surface area contributed by atoms with Crippen LogP contribution in [-0.4, -0.2) is 47.8 Å². The Bertz CT molecular complexity index is 499. The van der Waals surface area contributed by atoms with Crippen molar-refractivity contribution in [1.82, 2.24) is 9.80 Å². The highest BCUT2D eigenvalue weighted by Crippen LogP contribution is 2.36. The number of carbonyl (C=O) groups is 2. The Labute approximate surface area is 150 Å². The number of amides is 2. The normalized spacial score (nSPS) is 18.3. The SMILES string of the molecule is N#CCCC(CCC#N)(C(=O)N1CCCCC1)C(=O)N1CCCCC1. The van der Waals surface area contributed by atoms with Gasteiger partial charge in [-0.3, -0.25) is 9.59 Å². The van der Waals surface area contributed by atoms with Gasteiger partial charge in [-0.2, -0.15) is 10.5 Å². The Hall–Kier alpha value is -2.08. The summed E-state index contributed by atoms with van der Waals surface area (Å²) < 4.78 is 0. The van der Waals surface area contributed by atoms with E-state index in [1.807, 2.05) is 0 Å². The van der Waals surface area contributed by atoms with Crippen molar-refractivity contribution in [2.24, 2.45) is 5.41 Å². The Kier molecular flexibility index (Phi) is 7.25. The van der Waals surface area contributed by atoms with Crippen LogP contribution in [0.15, 0.2) is 0 Å². The number of carbonyl (C=O) groups excluding carboxylic acids is 2. The second kappa shape index (κ2) is 9.42. The summed E-state index contributed by atoms with van der Waals surface area (Å²) in [5, 5.41) is 18.1. The molecule has 2 amide bonds. The van der Waals surface area contributed by atoms with Crippen molar-refractivity contribution in [3.05, 3.63) is 0 Å². The fourth-order valence-corrected chi connectivity index (χ4v) is 3.98. The molecule has 0 aromatic rings. The van der Waals surface area contributed by atoms with Crippen molar-refractivity contribution in [1.29, 1.82) is 10.5 Å². The fraction of sp³-hybridized carbons (Fsp3) is 0.789. The Morgan fingerprint density at radius 3 is 1.40 bits per heavy atom. The van der Waals surface area contributed by atoms with Gasteiger partial charge in [0.1, 0.15) is 5.41 Å². The number of nitriles is 2. The first-order chi connectivity index (χ1) is 12.2. The van der Waals surface area contributed by atoms with Crippen molar-refractivity contribution >= 4 is 11.8 Å². The number of piperidine rings is 2. The molecule has 0 N–H and O–H groups in total. The standard InChI is InChI=1S/C19H28N4O2/c20-11-7-9-19(10-8-12-21,17(24)22-13-3-1-4-14-22)18(25)23-15-5-2-6-16-23/h1-10,13-16H2. The van der Waals surface area contributed by atoms with Crippen LogP contribution in [0.1, 0.15) is 64.2 Å². The van der Waals surface area contributed by atoms with Crippen LogP contribution in [0.2, 0.25) is 0 Å². The van der Waals surface area contributed by atoms with Gasteiger partial charge in [-0.05, 0) is 51.4 Å². The summed E-state index contributed by atoms with van der Waals surface area (Å²) in [7, 11) is 0. The van der Waals surface area contributed by atoms with Crippen LogP contribution in [0.3, 0.4) is 0 Å². The number of rotatable bonds is 6. The molecule has 0 atom stereocenters. The van der Waals surface area contributed by atoms with E-state index in [9.17, 15) is 9.59 Å². The highest BCUT2D eigenvalue weighted by Gasteiger charge is 2.49. The van der Waals surface area contributed by atoms with Crippen molar-refractivity contribution in [3.8, 4) is 12.1 Å². The van der Waals surface area contributed by atoms with Gasteiger partial charge in [0.05, 0.1) is 12.1 Å². The molecule has 0 aromatic carbocycles. The molecule has 6 heteroatoms. The maximum atomic E-state index is 13.4. The molecule has 0 aliphatic carbocycles. The van der Waals surface area contributed by atoms with E-state index in [2.05, 4.69) is 12.1 Å². The maximum absolute atomic E-state index is 13.4. The van der Waals surface area contributed by atoms with E-state index in [4.69, 9.17) is 10.5 Å². The smallest absolute Gasteiger partial charge is 0.238 e. The lowest BCUT2D eigenvalue weighted by atomic mass is 9.75. The predicted octanol–water partition coefficient (Wildman–Crippen LogP) is 2.61. The van der Waals surface area contributed by atoms with E-state index < -0.39 is 5.41 Å². The first kappa shape index (κ1) is 19.2. The predicted molar refractivity (Wildman–Crippen MR) is 93.0 cm³/mol. The van der Waals surface area contributed by atoms with Gasteiger partial charge in [0, 0.05) is 39.0 Å². The third-order valence-electron chi connectivity index (χ3n) is 5.43. The first-order valence-corrected chi connectivity index (χ1v) is 9.48. The topological polar surface area (TPSA) is 88.2 Å². The Morgan fingerprint density at radius 1 is 0.720 bits per heavy atom. The summed E-state index contributed by atoms with van der Waals surface area (Å²) in [5.41, 5.74) is -1.24. The molecular formula is C19H28N4O2. The van der Waals surface area contributed by atoms with Crippen LogP contribution in [0.25, 0.3) is 0 Å². The molecule has 0 unspecified atom stereocenters. The molecular weight excluding hydrogens is 316 g/mol. The molecule has 0 bridgehead atoms. The lowest BCUT2D eigenvalue weighted by molar-refractivity contribution is -0.159. The molecule has 136 valence electrons. The zero-order valence-corrected chi connectivity index (χ0v) is 15.0. The summed E-state index contributed by atoms with van der Waals surface area (Å²) >= 11 is 0. The number of nitrogens with zero attached hydrogens (tertiary/aromatic N) is 4. The van der Waals surface area contributed by atoms with Crippen LogP contribution in [0, 0.1) is 28.1 Å². The van der Waals surface area contributed by atoms with Crippen LogP contribution < -0.4 is 0 Å². The molecule has 2 aliphatic rings. The molecule has 2 saturated heterocycles. The van der Waals surface area contributed by atoms with Gasteiger partial charge in [0.15, 0.2) is 0 Å². The molecule has 2 rings (SSSR count). The average molecular weight is 344 g/mol. The third kappa shape index (κ3) is 4.51. The van der Waals surface area contributed by atoms with Gasteiger partial charge in [-0.25, -0.2) is 0 Å². The molecule has 2 aliphatic heterocycles. The fourth-order valence-electron chi connectivity index (χ4n) is 3.98. The molecule has 0 aromatic heterocycles. The summed E-state index contributed by atoms with van der Waals surface area (Å²) in [6.07, 6.45) is 6.78. The van der Waals surface area contributed by atoms with Crippen LogP contribution in [0.5, 0.6) is 0 Å². The zero-order chi connectivity index (χ0) is 18.1. The molecule has 2 heterocycles. The van der Waals surface area contributed by atoms with Gasteiger partial charge >= 0.3 is 0 Å². The molecule has 25 heavy (non-hydrogen) atoms. The van der Waals surface area contributed by atoms with E-state index in [-0.39, 0.29) is 37.5 Å². The van der Waals surface area contributed by atoms with Gasteiger partial charge in [0.25, 0.3) is 0 Å². The largest absolute Gasteiger partial charge is 0.342 e. The Balaban J connectivity index is 2.31. The van der Waals surface area contributed by atoms with Gasteiger partial charge in [-0.15, -0.1) is 0 Å². The number of hydrogen-bond donors (Lipinski definition) is 0. The van der Waals surface area contributed by atoms with E-state index in [1.54, 1.807) is 9.80 Å². The lowest BCUT2D eigenvalue weighted by Crippen LogP contribution is -2.55. The summed E-state index contributed by atoms with van der Waals surface area (Å²) in [4.78, 5) is 30.3. The second-order valence-electron chi connectivity index (χ2n) is 7.10. The number of likely N-dealkylation sites (tertiary alicyclic amines) is 2. The van der Waals surface area contributed by atoms with E-state index in [0.29, 0.717) is 26.2 Å². The summed E-state index contributed by atoms with van der Waals surface area (Å²) in [6, 6.07) is 4.18. The Morgan fingerprint density at radius 2 is 1.08 bits per heavy atom. The summed E-state index contributed by atoms with van der Waals surface area (Å²) in [6.45, 7) is 2.69. The monoisotopic (exact) mass is 344 g/mol. The zero-order valence-electron chi connectivity index (χ0n) is 15.0. The minimum atomic E-state index is -1.24. The van der Waals surface area contributed by atoms with Gasteiger partial charge < -0.3 is 9.80 Å². The molecule has 0 saturated carbocycles. The molecule has 0 spiro atoms.